The average molecular weight is 407 g/mol. The molecule has 124 valence electrons. The lowest BCUT2D eigenvalue weighted by Gasteiger charge is -2.07. The van der Waals surface area contributed by atoms with Crippen LogP contribution >= 0.6 is 27.3 Å². The van der Waals surface area contributed by atoms with Gasteiger partial charge in [-0.1, -0.05) is 23.5 Å². The van der Waals surface area contributed by atoms with Crippen LogP contribution in [0.25, 0.3) is 10.2 Å². The summed E-state index contributed by atoms with van der Waals surface area (Å²) in [5.41, 5.74) is 0.825. The molecule has 0 atom stereocenters. The Balaban J connectivity index is 1.63. The van der Waals surface area contributed by atoms with Gasteiger partial charge in [-0.15, -0.1) is 0 Å². The Kier molecular flexibility index (Phi) is 5.32. The molecule has 7 heteroatoms. The standard InChI is InChI=1S/C17H15BrN2O3S/c1-2-22-11-7-8-13-15(9-11)24-17(19-13)20-16(21)10-23-14-6-4-3-5-12(14)18/h3-9H,2,10H2,1H3,(H,19,20,21). The van der Waals surface area contributed by atoms with Crippen molar-refractivity contribution in [2.45, 2.75) is 6.92 Å². The van der Waals surface area contributed by atoms with E-state index >= 15 is 0 Å². The van der Waals surface area contributed by atoms with Gasteiger partial charge in [0.15, 0.2) is 11.7 Å². The summed E-state index contributed by atoms with van der Waals surface area (Å²) in [5, 5.41) is 3.30. The van der Waals surface area contributed by atoms with Crippen molar-refractivity contribution in [1.29, 1.82) is 0 Å². The molecule has 1 aromatic heterocycles. The summed E-state index contributed by atoms with van der Waals surface area (Å²) in [6, 6.07) is 13.1. The molecule has 24 heavy (non-hydrogen) atoms. The first-order chi connectivity index (χ1) is 11.7. The van der Waals surface area contributed by atoms with Crippen molar-refractivity contribution in [1.82, 2.24) is 4.98 Å². The fourth-order valence-electron chi connectivity index (χ4n) is 2.08. The number of fused-ring (bicyclic) bond motifs is 1. The van der Waals surface area contributed by atoms with Gasteiger partial charge in [0, 0.05) is 0 Å². The number of hydrogen-bond donors (Lipinski definition) is 1. The van der Waals surface area contributed by atoms with Crippen LogP contribution in [-0.4, -0.2) is 24.1 Å². The van der Waals surface area contributed by atoms with Crippen molar-refractivity contribution in [2.24, 2.45) is 0 Å². The number of hydrogen-bond acceptors (Lipinski definition) is 5. The van der Waals surface area contributed by atoms with Gasteiger partial charge < -0.3 is 9.47 Å². The number of nitrogens with zero attached hydrogens (tertiary/aromatic N) is 1. The van der Waals surface area contributed by atoms with Gasteiger partial charge in [0.05, 0.1) is 21.3 Å². The topological polar surface area (TPSA) is 60.5 Å². The number of carbonyl (C=O) groups is 1. The second-order valence-corrected chi connectivity index (χ2v) is 6.73. The highest BCUT2D eigenvalue weighted by Gasteiger charge is 2.10. The Bertz CT molecular complexity index is 866. The van der Waals surface area contributed by atoms with E-state index in [1.165, 1.54) is 11.3 Å². The van der Waals surface area contributed by atoms with Crippen LogP contribution in [0.3, 0.4) is 0 Å². The van der Waals surface area contributed by atoms with Crippen molar-refractivity contribution in [3.63, 3.8) is 0 Å². The van der Waals surface area contributed by atoms with E-state index in [1.54, 1.807) is 6.07 Å². The Labute approximate surface area is 151 Å². The van der Waals surface area contributed by atoms with E-state index in [0.29, 0.717) is 17.5 Å². The molecule has 0 aliphatic heterocycles. The van der Waals surface area contributed by atoms with Crippen molar-refractivity contribution >= 4 is 48.5 Å². The predicted octanol–water partition coefficient (Wildman–Crippen LogP) is 4.48. The van der Waals surface area contributed by atoms with Crippen LogP contribution in [0.15, 0.2) is 46.9 Å². The summed E-state index contributed by atoms with van der Waals surface area (Å²) in [7, 11) is 0. The fourth-order valence-corrected chi connectivity index (χ4v) is 3.39. The number of carbonyl (C=O) groups excluding carboxylic acids is 1. The second-order valence-electron chi connectivity index (χ2n) is 4.85. The van der Waals surface area contributed by atoms with Gasteiger partial charge in [-0.3, -0.25) is 10.1 Å². The normalized spacial score (nSPS) is 10.6. The van der Waals surface area contributed by atoms with E-state index < -0.39 is 0 Å². The zero-order chi connectivity index (χ0) is 16.9. The van der Waals surface area contributed by atoms with Gasteiger partial charge in [-0.2, -0.15) is 0 Å². The number of anilines is 1. The molecule has 3 aromatic rings. The molecule has 0 unspecified atom stereocenters. The molecule has 0 aliphatic carbocycles. The van der Waals surface area contributed by atoms with E-state index in [4.69, 9.17) is 9.47 Å². The lowest BCUT2D eigenvalue weighted by Crippen LogP contribution is -2.20. The van der Waals surface area contributed by atoms with E-state index in [9.17, 15) is 4.79 Å². The molecule has 0 radical (unpaired) electrons. The number of benzene rings is 2. The van der Waals surface area contributed by atoms with Crippen molar-refractivity contribution in [3.05, 3.63) is 46.9 Å². The molecule has 1 amide bonds. The lowest BCUT2D eigenvalue weighted by atomic mass is 10.3. The number of para-hydroxylation sites is 1. The summed E-state index contributed by atoms with van der Waals surface area (Å²) in [6.07, 6.45) is 0. The van der Waals surface area contributed by atoms with E-state index in [2.05, 4.69) is 26.2 Å². The number of rotatable bonds is 6. The first-order valence-electron chi connectivity index (χ1n) is 7.36. The summed E-state index contributed by atoms with van der Waals surface area (Å²) in [5.74, 6) is 1.16. The third-order valence-electron chi connectivity index (χ3n) is 3.11. The van der Waals surface area contributed by atoms with Crippen LogP contribution < -0.4 is 14.8 Å². The van der Waals surface area contributed by atoms with Gasteiger partial charge >= 0.3 is 0 Å². The Morgan fingerprint density at radius 2 is 2.08 bits per heavy atom. The molecule has 2 aromatic carbocycles. The molecule has 0 spiro atoms. The molecule has 1 heterocycles. The van der Waals surface area contributed by atoms with E-state index in [0.717, 1.165) is 20.4 Å². The predicted molar refractivity (Wildman–Crippen MR) is 99.1 cm³/mol. The molecule has 3 rings (SSSR count). The molecular formula is C17H15BrN2O3S. The van der Waals surface area contributed by atoms with Crippen molar-refractivity contribution in [2.75, 3.05) is 18.5 Å². The highest BCUT2D eigenvalue weighted by Crippen LogP contribution is 2.29. The fraction of sp³-hybridized carbons (Fsp3) is 0.176. The molecule has 0 bridgehead atoms. The molecule has 5 nitrogen and oxygen atoms in total. The lowest BCUT2D eigenvalue weighted by molar-refractivity contribution is -0.118. The van der Waals surface area contributed by atoms with Crippen LogP contribution in [0.4, 0.5) is 5.13 Å². The largest absolute Gasteiger partial charge is 0.494 e. The van der Waals surface area contributed by atoms with Gasteiger partial charge in [0.2, 0.25) is 0 Å². The summed E-state index contributed by atoms with van der Waals surface area (Å²) < 4.78 is 12.7. The Morgan fingerprint density at radius 3 is 2.88 bits per heavy atom. The molecule has 0 saturated heterocycles. The SMILES string of the molecule is CCOc1ccc2nc(NC(=O)COc3ccccc3Br)sc2c1. The maximum Gasteiger partial charge on any atom is 0.264 e. The maximum atomic E-state index is 12.0. The highest BCUT2D eigenvalue weighted by molar-refractivity contribution is 9.10. The first kappa shape index (κ1) is 16.7. The minimum atomic E-state index is -0.255. The summed E-state index contributed by atoms with van der Waals surface area (Å²) >= 11 is 4.78. The molecular weight excluding hydrogens is 392 g/mol. The first-order valence-corrected chi connectivity index (χ1v) is 8.97. The smallest absolute Gasteiger partial charge is 0.264 e. The second kappa shape index (κ2) is 7.63. The minimum absolute atomic E-state index is 0.0806. The third kappa shape index (κ3) is 4.04. The number of amides is 1. The van der Waals surface area contributed by atoms with Crippen LogP contribution in [0, 0.1) is 0 Å². The number of ether oxygens (including phenoxy) is 2. The van der Waals surface area contributed by atoms with Crippen LogP contribution in [-0.2, 0) is 4.79 Å². The number of halogens is 1. The van der Waals surface area contributed by atoms with Crippen LogP contribution in [0.2, 0.25) is 0 Å². The van der Waals surface area contributed by atoms with Gasteiger partial charge in [0.1, 0.15) is 11.5 Å². The van der Waals surface area contributed by atoms with Crippen LogP contribution in [0.1, 0.15) is 6.92 Å². The molecule has 0 saturated carbocycles. The van der Waals surface area contributed by atoms with Crippen molar-refractivity contribution in [3.8, 4) is 11.5 Å². The number of nitrogens with one attached hydrogen (secondary N) is 1. The quantitative estimate of drug-likeness (QED) is 0.655. The van der Waals surface area contributed by atoms with Gasteiger partial charge in [-0.25, -0.2) is 4.98 Å². The zero-order valence-electron chi connectivity index (χ0n) is 12.9. The van der Waals surface area contributed by atoms with E-state index in [-0.39, 0.29) is 12.5 Å². The summed E-state index contributed by atoms with van der Waals surface area (Å²) in [6.45, 7) is 2.47. The van der Waals surface area contributed by atoms with E-state index in [1.807, 2.05) is 43.3 Å². The highest BCUT2D eigenvalue weighted by atomic mass is 79.9. The van der Waals surface area contributed by atoms with Gasteiger partial charge in [0.25, 0.3) is 5.91 Å². The maximum absolute atomic E-state index is 12.0. The molecule has 0 aliphatic rings. The monoisotopic (exact) mass is 406 g/mol. The zero-order valence-corrected chi connectivity index (χ0v) is 15.3. The Hall–Kier alpha value is -2.12. The minimum Gasteiger partial charge on any atom is -0.494 e. The third-order valence-corrected chi connectivity index (χ3v) is 4.70. The summed E-state index contributed by atoms with van der Waals surface area (Å²) in [4.78, 5) is 16.4. The number of thiazole rings is 1. The Morgan fingerprint density at radius 1 is 1.25 bits per heavy atom. The molecule has 0 fully saturated rings. The van der Waals surface area contributed by atoms with Crippen molar-refractivity contribution < 1.29 is 14.3 Å². The van der Waals surface area contributed by atoms with Crippen LogP contribution in [0.5, 0.6) is 11.5 Å². The van der Waals surface area contributed by atoms with Gasteiger partial charge in [-0.05, 0) is 53.2 Å². The average Bonchev–Trinajstić information content (AvgIpc) is 2.96. The number of aromatic nitrogens is 1. The molecule has 1 N–H and O–H groups in total.